The lowest BCUT2D eigenvalue weighted by Gasteiger charge is -2.38. The first-order valence-electron chi connectivity index (χ1n) is 9.71. The normalized spacial score (nSPS) is 23.7. The molecule has 0 aromatic carbocycles. The van der Waals surface area contributed by atoms with Gasteiger partial charge in [0, 0.05) is 16.6 Å². The van der Waals surface area contributed by atoms with Crippen molar-refractivity contribution in [3.8, 4) is 0 Å². The highest BCUT2D eigenvalue weighted by Gasteiger charge is 2.49. The molecule has 1 fully saturated rings. The second-order valence-corrected chi connectivity index (χ2v) is 12.3. The first-order chi connectivity index (χ1) is 13.1. The van der Waals surface area contributed by atoms with E-state index >= 15 is 0 Å². The zero-order chi connectivity index (χ0) is 22.6. The molecule has 2 amide bonds. The second kappa shape index (κ2) is 9.68. The number of hydrogen-bond acceptors (Lipinski definition) is 7. The molecule has 29 heavy (non-hydrogen) atoms. The summed E-state index contributed by atoms with van der Waals surface area (Å²) in [5, 5.41) is 0.839. The van der Waals surface area contributed by atoms with Crippen LogP contribution in [-0.2, 0) is 25.1 Å². The van der Waals surface area contributed by atoms with Gasteiger partial charge in [-0.3, -0.25) is 9.00 Å². The molecule has 1 rings (SSSR count). The van der Waals surface area contributed by atoms with E-state index in [4.69, 9.17) is 9.47 Å². The van der Waals surface area contributed by atoms with E-state index in [0.29, 0.717) is 17.9 Å². The Morgan fingerprint density at radius 1 is 1.14 bits per heavy atom. The number of hydrazine groups is 1. The second-order valence-electron chi connectivity index (χ2n) is 8.86. The fourth-order valence-electron chi connectivity index (χ4n) is 2.72. The number of nitrogens with zero attached hydrogens (tertiary/aromatic N) is 1. The van der Waals surface area contributed by atoms with Gasteiger partial charge in [-0.2, -0.15) is 0 Å². The predicted octanol–water partition coefficient (Wildman–Crippen LogP) is 3.61. The average Bonchev–Trinajstić information content (AvgIpc) is 2.56. The Bertz CT molecular complexity index is 656. The third-order valence-corrected chi connectivity index (χ3v) is 8.23. The topological polar surface area (TPSA) is 102 Å². The van der Waals surface area contributed by atoms with Crippen LogP contribution in [0.2, 0.25) is 0 Å². The van der Waals surface area contributed by atoms with Crippen molar-refractivity contribution < 1.29 is 28.1 Å². The van der Waals surface area contributed by atoms with E-state index in [1.807, 2.05) is 0 Å². The number of amides is 2. The highest BCUT2D eigenvalue weighted by atomic mass is 32.2. The molecule has 3 atom stereocenters. The Morgan fingerprint density at radius 2 is 1.69 bits per heavy atom. The van der Waals surface area contributed by atoms with Crippen molar-refractivity contribution in [2.45, 2.75) is 89.6 Å². The zero-order valence-electron chi connectivity index (χ0n) is 18.6. The Balaban J connectivity index is 3.18. The summed E-state index contributed by atoms with van der Waals surface area (Å²) in [5.74, 6) is 0.764. The molecule has 0 aliphatic carbocycles. The van der Waals surface area contributed by atoms with Gasteiger partial charge in [0.25, 0.3) is 0 Å². The molecule has 1 saturated heterocycles. The maximum absolute atomic E-state index is 13.4. The summed E-state index contributed by atoms with van der Waals surface area (Å²) in [4.78, 5) is 38.4. The third kappa shape index (κ3) is 7.16. The summed E-state index contributed by atoms with van der Waals surface area (Å²) < 4.78 is 22.2. The Labute approximate surface area is 180 Å². The molecule has 10 heteroatoms. The predicted molar refractivity (Wildman–Crippen MR) is 115 cm³/mol. The van der Waals surface area contributed by atoms with Crippen molar-refractivity contribution in [3.05, 3.63) is 0 Å². The number of rotatable bonds is 4. The maximum Gasteiger partial charge on any atom is 0.429 e. The summed E-state index contributed by atoms with van der Waals surface area (Å²) in [6, 6.07) is -1.09. The molecule has 0 bridgehead atoms. The van der Waals surface area contributed by atoms with E-state index < -0.39 is 44.3 Å². The first-order valence-corrected chi connectivity index (χ1v) is 12.0. The Hall–Kier alpha value is -1.29. The molecule has 0 spiro atoms. The minimum absolute atomic E-state index is 0.363. The molecular formula is C19H34N2O6S2. The number of ketones is 1. The highest BCUT2D eigenvalue weighted by molar-refractivity contribution is 8.14. The van der Waals surface area contributed by atoms with Crippen molar-refractivity contribution in [1.82, 2.24) is 10.4 Å². The molecule has 8 nitrogen and oxygen atoms in total. The molecule has 1 heterocycles. The minimum atomic E-state index is -1.37. The van der Waals surface area contributed by atoms with Gasteiger partial charge in [-0.15, -0.1) is 11.8 Å². The summed E-state index contributed by atoms with van der Waals surface area (Å²) in [5.41, 5.74) is 0.716. The summed E-state index contributed by atoms with van der Waals surface area (Å²) in [6.07, 6.45) is -0.637. The molecule has 1 aliphatic rings. The Kier molecular flexibility index (Phi) is 8.59. The lowest BCUT2D eigenvalue weighted by atomic mass is 10.1. The molecular weight excluding hydrogens is 416 g/mol. The van der Waals surface area contributed by atoms with Gasteiger partial charge in [0.15, 0.2) is 9.86 Å². The minimum Gasteiger partial charge on any atom is -0.443 e. The first kappa shape index (κ1) is 25.7. The third-order valence-electron chi connectivity index (χ3n) is 3.99. The van der Waals surface area contributed by atoms with Crippen molar-refractivity contribution >= 4 is 40.5 Å². The number of carbonyl (C=O) groups is 3. The summed E-state index contributed by atoms with van der Waals surface area (Å²) in [7, 11) is -1.37. The molecule has 0 radical (unpaired) electrons. The van der Waals surface area contributed by atoms with E-state index in [1.165, 1.54) is 18.7 Å². The number of Topliss-reactive ketones (excluding diaryl/α,β-unsaturated/α-hetero) is 1. The van der Waals surface area contributed by atoms with Crippen molar-refractivity contribution in [1.29, 1.82) is 0 Å². The van der Waals surface area contributed by atoms with Crippen LogP contribution >= 0.6 is 11.8 Å². The van der Waals surface area contributed by atoms with Gasteiger partial charge in [0.2, 0.25) is 0 Å². The number of ether oxygens (including phenoxy) is 2. The molecule has 0 aromatic rings. The number of carbonyl (C=O) groups excluding carboxylic acids is 3. The Morgan fingerprint density at radius 3 is 2.14 bits per heavy atom. The van der Waals surface area contributed by atoms with Crippen LogP contribution < -0.4 is 5.43 Å². The zero-order valence-corrected chi connectivity index (χ0v) is 20.3. The van der Waals surface area contributed by atoms with Crippen LogP contribution in [0.1, 0.15) is 68.2 Å². The van der Waals surface area contributed by atoms with Crippen LogP contribution in [0.5, 0.6) is 0 Å². The van der Waals surface area contributed by atoms with Crippen molar-refractivity contribution in [2.75, 3.05) is 11.5 Å². The molecule has 0 aromatic heterocycles. The lowest BCUT2D eigenvalue weighted by Crippen LogP contribution is -2.60. The summed E-state index contributed by atoms with van der Waals surface area (Å²) >= 11 is 1.35. The van der Waals surface area contributed by atoms with Gasteiger partial charge in [0.05, 0.1) is 0 Å². The van der Waals surface area contributed by atoms with E-state index in [2.05, 4.69) is 5.43 Å². The van der Waals surface area contributed by atoms with Crippen molar-refractivity contribution in [2.24, 2.45) is 0 Å². The molecule has 168 valence electrons. The van der Waals surface area contributed by atoms with E-state index in [9.17, 15) is 18.6 Å². The lowest BCUT2D eigenvalue weighted by molar-refractivity contribution is -0.125. The van der Waals surface area contributed by atoms with Crippen LogP contribution in [0.15, 0.2) is 0 Å². The average molecular weight is 451 g/mol. The summed E-state index contributed by atoms with van der Waals surface area (Å²) in [6.45, 7) is 13.4. The van der Waals surface area contributed by atoms with E-state index in [1.54, 1.807) is 48.5 Å². The quantitative estimate of drug-likeness (QED) is 0.653. The number of hydrogen-bond donors (Lipinski definition) is 1. The largest absolute Gasteiger partial charge is 0.443 e. The highest BCUT2D eigenvalue weighted by Crippen LogP contribution is 2.39. The molecule has 0 saturated carbocycles. The SMILES string of the molecule is CC[C@]1(C(=O)[C@H](C)N(NC(=O)OC(C)(C)C)C(=O)OC(C)(C)C)SCCCS1=O. The van der Waals surface area contributed by atoms with E-state index in [-0.39, 0.29) is 5.78 Å². The van der Waals surface area contributed by atoms with Gasteiger partial charge >= 0.3 is 12.2 Å². The van der Waals surface area contributed by atoms with Gasteiger partial charge < -0.3 is 9.47 Å². The number of nitrogens with one attached hydrogen (secondary N) is 1. The van der Waals surface area contributed by atoms with Crippen LogP contribution in [0.4, 0.5) is 9.59 Å². The molecule has 1 unspecified atom stereocenters. The van der Waals surface area contributed by atoms with Gasteiger partial charge in [-0.1, -0.05) is 6.92 Å². The van der Waals surface area contributed by atoms with Crippen LogP contribution in [0, 0.1) is 0 Å². The van der Waals surface area contributed by atoms with Gasteiger partial charge in [-0.05, 0) is 67.1 Å². The van der Waals surface area contributed by atoms with Gasteiger partial charge in [0.1, 0.15) is 17.2 Å². The van der Waals surface area contributed by atoms with Gasteiger partial charge in [-0.25, -0.2) is 20.0 Å². The van der Waals surface area contributed by atoms with Crippen molar-refractivity contribution in [3.63, 3.8) is 0 Å². The monoisotopic (exact) mass is 450 g/mol. The van der Waals surface area contributed by atoms with Crippen LogP contribution in [0.3, 0.4) is 0 Å². The smallest absolute Gasteiger partial charge is 0.429 e. The molecule has 1 N–H and O–H groups in total. The van der Waals surface area contributed by atoms with Crippen LogP contribution in [-0.4, -0.2) is 60.0 Å². The van der Waals surface area contributed by atoms with E-state index in [0.717, 1.165) is 11.4 Å². The standard InChI is InChI=1S/C19H34N2O6S2/c1-9-19(28-11-10-12-29(19)25)14(22)13(2)21(16(24)27-18(6,7)8)20-15(23)26-17(3,4)5/h13H,9-12H2,1-8H3,(H,20,23)/t13-,19-,29?/m0/s1. The fraction of sp³-hybridized carbons (Fsp3) is 0.842. The maximum atomic E-state index is 13.4. The fourth-order valence-corrected chi connectivity index (χ4v) is 6.52. The number of thioether (sulfide) groups is 1. The molecule has 1 aliphatic heterocycles. The van der Waals surface area contributed by atoms with Crippen LogP contribution in [0.25, 0.3) is 0 Å².